The van der Waals surface area contributed by atoms with Gasteiger partial charge in [-0.25, -0.2) is 4.79 Å². The van der Waals surface area contributed by atoms with Crippen LogP contribution in [-0.4, -0.2) is 34.8 Å². The molecule has 1 saturated heterocycles. The van der Waals surface area contributed by atoms with Crippen LogP contribution in [-0.2, 0) is 9.59 Å². The van der Waals surface area contributed by atoms with Crippen LogP contribution >= 0.6 is 22.6 Å². The van der Waals surface area contributed by atoms with Gasteiger partial charge < -0.3 is 10.6 Å². The number of amides is 4. The number of urea groups is 1. The molecule has 1 aromatic rings. The number of halogens is 1. The van der Waals surface area contributed by atoms with Gasteiger partial charge in [0.15, 0.2) is 0 Å². The Morgan fingerprint density at radius 2 is 2.04 bits per heavy atom. The zero-order valence-electron chi connectivity index (χ0n) is 16.2. The molecule has 7 heteroatoms. The minimum Gasteiger partial charge on any atom is -0.324 e. The van der Waals surface area contributed by atoms with Crippen molar-refractivity contribution in [3.63, 3.8) is 0 Å². The van der Waals surface area contributed by atoms with Crippen molar-refractivity contribution in [2.75, 3.05) is 11.9 Å². The number of hydrogen-bond acceptors (Lipinski definition) is 3. The summed E-state index contributed by atoms with van der Waals surface area (Å²) in [6.45, 7) is 8.07. The summed E-state index contributed by atoms with van der Waals surface area (Å²) < 4.78 is 1.04. The zero-order chi connectivity index (χ0) is 20.0. The second kappa shape index (κ2) is 7.07. The van der Waals surface area contributed by atoms with E-state index in [4.69, 9.17) is 0 Å². The van der Waals surface area contributed by atoms with E-state index in [1.54, 1.807) is 0 Å². The van der Waals surface area contributed by atoms with Gasteiger partial charge in [-0.2, -0.15) is 0 Å². The predicted octanol–water partition coefficient (Wildman–Crippen LogP) is 3.67. The summed E-state index contributed by atoms with van der Waals surface area (Å²) in [7, 11) is 0. The Morgan fingerprint density at radius 3 is 2.67 bits per heavy atom. The van der Waals surface area contributed by atoms with Gasteiger partial charge in [0.25, 0.3) is 5.91 Å². The molecule has 1 heterocycles. The third kappa shape index (κ3) is 4.12. The summed E-state index contributed by atoms with van der Waals surface area (Å²) >= 11 is 2.20. The highest BCUT2D eigenvalue weighted by Crippen LogP contribution is 2.46. The number of aryl methyl sites for hydroxylation is 1. The van der Waals surface area contributed by atoms with Gasteiger partial charge in [0.1, 0.15) is 12.1 Å². The fourth-order valence-corrected chi connectivity index (χ4v) is 5.18. The van der Waals surface area contributed by atoms with Gasteiger partial charge in [-0.3, -0.25) is 14.5 Å². The fraction of sp³-hybridized carbons (Fsp3) is 0.550. The Hall–Kier alpha value is -1.64. The number of nitrogens with zero attached hydrogens (tertiary/aromatic N) is 1. The van der Waals surface area contributed by atoms with Crippen LogP contribution < -0.4 is 10.6 Å². The molecule has 146 valence electrons. The summed E-state index contributed by atoms with van der Waals surface area (Å²) in [5.74, 6) is -0.319. The summed E-state index contributed by atoms with van der Waals surface area (Å²) in [5, 5.41) is 5.67. The lowest BCUT2D eigenvalue weighted by molar-refractivity contribution is -0.136. The molecule has 2 atom stereocenters. The largest absolute Gasteiger partial charge is 0.325 e. The highest BCUT2D eigenvalue weighted by atomic mass is 127. The Balaban J connectivity index is 1.72. The third-order valence-electron chi connectivity index (χ3n) is 5.38. The smallest absolute Gasteiger partial charge is 0.324 e. The monoisotopic (exact) mass is 483 g/mol. The number of benzene rings is 1. The second-order valence-corrected chi connectivity index (χ2v) is 9.93. The summed E-state index contributed by atoms with van der Waals surface area (Å²) in [4.78, 5) is 39.0. The maximum Gasteiger partial charge on any atom is 0.325 e. The minimum absolute atomic E-state index is 0.0303. The maximum atomic E-state index is 13.1. The minimum atomic E-state index is -0.877. The molecule has 2 N–H and O–H groups in total. The molecule has 0 bridgehead atoms. The van der Waals surface area contributed by atoms with Crippen molar-refractivity contribution < 1.29 is 14.4 Å². The number of nitrogens with one attached hydrogen (secondary N) is 2. The molecule has 2 fully saturated rings. The lowest BCUT2D eigenvalue weighted by Crippen LogP contribution is -2.54. The molecule has 1 spiro atoms. The van der Waals surface area contributed by atoms with Crippen LogP contribution in [0.25, 0.3) is 0 Å². The van der Waals surface area contributed by atoms with E-state index in [0.29, 0.717) is 24.4 Å². The van der Waals surface area contributed by atoms with E-state index >= 15 is 0 Å². The molecule has 4 amide bonds. The normalized spacial score (nSPS) is 27.0. The molecule has 1 aromatic carbocycles. The third-order valence-corrected chi connectivity index (χ3v) is 6.54. The first-order chi connectivity index (χ1) is 12.5. The van der Waals surface area contributed by atoms with Crippen molar-refractivity contribution in [3.05, 3.63) is 27.3 Å². The van der Waals surface area contributed by atoms with Gasteiger partial charge >= 0.3 is 6.03 Å². The number of carbonyl (C=O) groups excluding carboxylic acids is 3. The van der Waals surface area contributed by atoms with Crippen molar-refractivity contribution >= 4 is 46.1 Å². The number of anilines is 1. The number of imide groups is 1. The first-order valence-corrected chi connectivity index (χ1v) is 10.3. The fourth-order valence-electron chi connectivity index (χ4n) is 4.66. The van der Waals surface area contributed by atoms with E-state index in [1.807, 2.05) is 25.1 Å². The maximum absolute atomic E-state index is 13.1. The van der Waals surface area contributed by atoms with Crippen LogP contribution in [0.5, 0.6) is 0 Å². The lowest BCUT2D eigenvalue weighted by atomic mass is 9.64. The summed E-state index contributed by atoms with van der Waals surface area (Å²) in [6.07, 6.45) is 2.24. The van der Waals surface area contributed by atoms with Gasteiger partial charge in [0, 0.05) is 9.26 Å². The van der Waals surface area contributed by atoms with Crippen LogP contribution in [0.2, 0.25) is 0 Å². The van der Waals surface area contributed by atoms with E-state index in [1.165, 1.54) is 0 Å². The summed E-state index contributed by atoms with van der Waals surface area (Å²) in [6, 6.07) is 5.13. The van der Waals surface area contributed by atoms with Gasteiger partial charge in [-0.15, -0.1) is 0 Å². The molecule has 1 saturated carbocycles. The number of carbonyl (C=O) groups is 3. The number of hydrogen-bond donors (Lipinski definition) is 2. The van der Waals surface area contributed by atoms with E-state index in [0.717, 1.165) is 20.5 Å². The van der Waals surface area contributed by atoms with Crippen LogP contribution in [0, 0.1) is 21.8 Å². The molecule has 1 aliphatic heterocycles. The molecule has 2 unspecified atom stereocenters. The molecule has 0 radical (unpaired) electrons. The molecule has 1 aliphatic carbocycles. The van der Waals surface area contributed by atoms with Crippen LogP contribution in [0.3, 0.4) is 0 Å². The Morgan fingerprint density at radius 1 is 1.33 bits per heavy atom. The van der Waals surface area contributed by atoms with Crippen molar-refractivity contribution in [1.82, 2.24) is 10.2 Å². The quantitative estimate of drug-likeness (QED) is 0.509. The van der Waals surface area contributed by atoms with E-state index in [2.05, 4.69) is 54.0 Å². The molecule has 6 nitrogen and oxygen atoms in total. The Bertz CT molecular complexity index is 808. The van der Waals surface area contributed by atoms with Gasteiger partial charge in [0.05, 0.1) is 0 Å². The van der Waals surface area contributed by atoms with Gasteiger partial charge in [-0.05, 0) is 77.8 Å². The first kappa shape index (κ1) is 20.1. The molecule has 0 aromatic heterocycles. The Kier molecular flexibility index (Phi) is 5.26. The molecule has 2 aliphatic rings. The topological polar surface area (TPSA) is 78.5 Å². The molecular weight excluding hydrogens is 457 g/mol. The second-order valence-electron chi connectivity index (χ2n) is 8.77. The van der Waals surface area contributed by atoms with Crippen molar-refractivity contribution in [2.45, 2.75) is 52.5 Å². The highest BCUT2D eigenvalue weighted by molar-refractivity contribution is 14.1. The predicted molar refractivity (Wildman–Crippen MR) is 112 cm³/mol. The average molecular weight is 483 g/mol. The van der Waals surface area contributed by atoms with Gasteiger partial charge in [-0.1, -0.05) is 26.8 Å². The molecular formula is C20H26IN3O3. The Labute approximate surface area is 173 Å². The molecule has 3 rings (SSSR count). The summed E-state index contributed by atoms with van der Waals surface area (Å²) in [5.41, 5.74) is 0.873. The SMILES string of the molecule is Cc1ccc(NC(=O)CN2C(=O)NC3(CC(C)CC(C)(C)C3)C2=O)cc1I. The van der Waals surface area contributed by atoms with E-state index in [9.17, 15) is 14.4 Å². The number of rotatable bonds is 3. The van der Waals surface area contributed by atoms with Crippen molar-refractivity contribution in [3.8, 4) is 0 Å². The standard InChI is InChI=1S/C20H26IN3O3/c1-12-8-19(3,4)11-20(9-12)17(26)24(18(27)23-20)10-16(25)22-14-6-5-13(2)15(21)7-14/h5-7,12H,8-11H2,1-4H3,(H,22,25)(H,23,27). The van der Waals surface area contributed by atoms with Crippen LogP contribution in [0.15, 0.2) is 18.2 Å². The first-order valence-electron chi connectivity index (χ1n) is 9.21. The van der Waals surface area contributed by atoms with E-state index in [-0.39, 0.29) is 23.8 Å². The van der Waals surface area contributed by atoms with Crippen LogP contribution in [0.4, 0.5) is 10.5 Å². The highest BCUT2D eigenvalue weighted by Gasteiger charge is 2.56. The lowest BCUT2D eigenvalue weighted by Gasteiger charge is -2.43. The average Bonchev–Trinajstić information content (AvgIpc) is 2.72. The zero-order valence-corrected chi connectivity index (χ0v) is 18.3. The van der Waals surface area contributed by atoms with Crippen LogP contribution in [0.1, 0.15) is 45.6 Å². The van der Waals surface area contributed by atoms with E-state index < -0.39 is 11.6 Å². The molecule has 27 heavy (non-hydrogen) atoms. The van der Waals surface area contributed by atoms with Crippen molar-refractivity contribution in [2.24, 2.45) is 11.3 Å². The van der Waals surface area contributed by atoms with Crippen molar-refractivity contribution in [1.29, 1.82) is 0 Å². The van der Waals surface area contributed by atoms with Gasteiger partial charge in [0.2, 0.25) is 5.91 Å².